The van der Waals surface area contributed by atoms with Crippen LogP contribution in [-0.4, -0.2) is 23.0 Å². The minimum absolute atomic E-state index is 0.0691. The van der Waals surface area contributed by atoms with Gasteiger partial charge in [-0.1, -0.05) is 18.5 Å². The van der Waals surface area contributed by atoms with Crippen molar-refractivity contribution in [3.8, 4) is 0 Å². The van der Waals surface area contributed by atoms with Crippen molar-refractivity contribution in [1.29, 1.82) is 0 Å². The van der Waals surface area contributed by atoms with Crippen LogP contribution in [0.15, 0.2) is 12.4 Å². The highest BCUT2D eigenvalue weighted by Crippen LogP contribution is 2.37. The lowest BCUT2D eigenvalue weighted by atomic mass is 9.76. The lowest BCUT2D eigenvalue weighted by molar-refractivity contribution is -0.146. The molecule has 0 aliphatic heterocycles. The van der Waals surface area contributed by atoms with Crippen molar-refractivity contribution in [1.82, 2.24) is 9.97 Å². The van der Waals surface area contributed by atoms with Gasteiger partial charge < -0.3 is 4.74 Å². The minimum Gasteiger partial charge on any atom is -0.469 e. The Labute approximate surface area is 118 Å². The van der Waals surface area contributed by atoms with Crippen molar-refractivity contribution >= 4 is 17.6 Å². The van der Waals surface area contributed by atoms with Gasteiger partial charge in [0, 0.05) is 18.3 Å². The Balaban J connectivity index is 1.94. The van der Waals surface area contributed by atoms with Crippen LogP contribution in [0.2, 0.25) is 5.02 Å². The molecule has 1 heterocycles. The maximum absolute atomic E-state index is 11.5. The van der Waals surface area contributed by atoms with E-state index in [2.05, 4.69) is 16.9 Å². The SMILES string of the molecule is COC(=O)C1CCC(C(C)c2ncc(Cl)cn2)CC1. The number of hydrogen-bond donors (Lipinski definition) is 0. The largest absolute Gasteiger partial charge is 0.469 e. The topological polar surface area (TPSA) is 52.1 Å². The first-order valence-electron chi connectivity index (χ1n) is 6.67. The molecular formula is C14H19ClN2O2. The fraction of sp³-hybridized carbons (Fsp3) is 0.643. The van der Waals surface area contributed by atoms with Crippen LogP contribution in [-0.2, 0) is 9.53 Å². The minimum atomic E-state index is -0.0751. The summed E-state index contributed by atoms with van der Waals surface area (Å²) in [5.41, 5.74) is 0. The molecule has 1 aliphatic rings. The van der Waals surface area contributed by atoms with Crippen molar-refractivity contribution in [3.05, 3.63) is 23.2 Å². The van der Waals surface area contributed by atoms with Crippen LogP contribution in [0.3, 0.4) is 0 Å². The molecule has 1 aromatic rings. The molecule has 1 saturated carbocycles. The van der Waals surface area contributed by atoms with Gasteiger partial charge in [0.2, 0.25) is 0 Å². The third-order valence-corrected chi connectivity index (χ3v) is 4.26. The van der Waals surface area contributed by atoms with E-state index in [0.717, 1.165) is 31.5 Å². The van der Waals surface area contributed by atoms with E-state index in [-0.39, 0.29) is 11.9 Å². The number of nitrogens with zero attached hydrogens (tertiary/aromatic N) is 2. The number of ether oxygens (including phenoxy) is 1. The third kappa shape index (κ3) is 3.44. The Morgan fingerprint density at radius 3 is 2.42 bits per heavy atom. The molecule has 0 radical (unpaired) electrons. The van der Waals surface area contributed by atoms with Crippen LogP contribution in [0.25, 0.3) is 0 Å². The summed E-state index contributed by atoms with van der Waals surface area (Å²) in [6.45, 7) is 2.15. The highest BCUT2D eigenvalue weighted by molar-refractivity contribution is 6.30. The van der Waals surface area contributed by atoms with E-state index in [9.17, 15) is 4.79 Å². The molecule has 1 unspecified atom stereocenters. The molecule has 1 atom stereocenters. The molecule has 0 aromatic carbocycles. The van der Waals surface area contributed by atoms with Gasteiger partial charge in [-0.2, -0.15) is 0 Å². The molecule has 5 heteroatoms. The van der Waals surface area contributed by atoms with E-state index < -0.39 is 0 Å². The molecule has 1 aliphatic carbocycles. The number of carbonyl (C=O) groups excluding carboxylic acids is 1. The predicted octanol–water partition coefficient (Wildman–Crippen LogP) is 3.21. The molecular weight excluding hydrogens is 264 g/mol. The quantitative estimate of drug-likeness (QED) is 0.799. The Hall–Kier alpha value is -1.16. The van der Waals surface area contributed by atoms with Gasteiger partial charge in [-0.25, -0.2) is 9.97 Å². The van der Waals surface area contributed by atoms with Crippen molar-refractivity contribution in [2.45, 2.75) is 38.5 Å². The fourth-order valence-corrected chi connectivity index (χ4v) is 2.89. The van der Waals surface area contributed by atoms with Gasteiger partial charge in [-0.3, -0.25) is 4.79 Å². The van der Waals surface area contributed by atoms with Crippen molar-refractivity contribution in [2.75, 3.05) is 7.11 Å². The number of esters is 1. The molecule has 0 N–H and O–H groups in total. The highest BCUT2D eigenvalue weighted by Gasteiger charge is 2.30. The molecule has 2 rings (SSSR count). The summed E-state index contributed by atoms with van der Waals surface area (Å²) < 4.78 is 4.80. The summed E-state index contributed by atoms with van der Waals surface area (Å²) in [5.74, 6) is 1.66. The van der Waals surface area contributed by atoms with Gasteiger partial charge in [0.15, 0.2) is 0 Å². The number of rotatable bonds is 3. The maximum Gasteiger partial charge on any atom is 0.308 e. The number of hydrogen-bond acceptors (Lipinski definition) is 4. The van der Waals surface area contributed by atoms with Gasteiger partial charge in [-0.05, 0) is 31.6 Å². The van der Waals surface area contributed by atoms with Crippen LogP contribution in [0.5, 0.6) is 0 Å². The van der Waals surface area contributed by atoms with E-state index in [1.54, 1.807) is 12.4 Å². The number of carbonyl (C=O) groups is 1. The monoisotopic (exact) mass is 282 g/mol. The Morgan fingerprint density at radius 2 is 1.89 bits per heavy atom. The summed E-state index contributed by atoms with van der Waals surface area (Å²) in [6, 6.07) is 0. The Morgan fingerprint density at radius 1 is 1.32 bits per heavy atom. The van der Waals surface area contributed by atoms with Gasteiger partial charge in [0.25, 0.3) is 0 Å². The zero-order valence-corrected chi connectivity index (χ0v) is 12.1. The lowest BCUT2D eigenvalue weighted by Crippen LogP contribution is -2.25. The van der Waals surface area contributed by atoms with E-state index in [1.165, 1.54) is 7.11 Å². The average Bonchev–Trinajstić information content (AvgIpc) is 2.46. The van der Waals surface area contributed by atoms with Gasteiger partial charge in [-0.15, -0.1) is 0 Å². The highest BCUT2D eigenvalue weighted by atomic mass is 35.5. The van der Waals surface area contributed by atoms with Crippen LogP contribution in [0.1, 0.15) is 44.3 Å². The Kier molecular flexibility index (Phi) is 4.75. The Bertz CT molecular complexity index is 428. The van der Waals surface area contributed by atoms with Crippen molar-refractivity contribution in [3.63, 3.8) is 0 Å². The second-order valence-corrected chi connectivity index (χ2v) is 5.62. The molecule has 0 bridgehead atoms. The van der Waals surface area contributed by atoms with E-state index in [4.69, 9.17) is 16.3 Å². The van der Waals surface area contributed by atoms with Crippen LogP contribution in [0, 0.1) is 11.8 Å². The molecule has 1 aromatic heterocycles. The summed E-state index contributed by atoms with van der Waals surface area (Å²) in [7, 11) is 1.46. The van der Waals surface area contributed by atoms with Crippen LogP contribution >= 0.6 is 11.6 Å². The molecule has 19 heavy (non-hydrogen) atoms. The van der Waals surface area contributed by atoms with E-state index in [1.807, 2.05) is 0 Å². The number of halogens is 1. The normalized spacial score (nSPS) is 24.8. The maximum atomic E-state index is 11.5. The fourth-order valence-electron chi connectivity index (χ4n) is 2.79. The first-order chi connectivity index (χ1) is 9.11. The number of aromatic nitrogens is 2. The first-order valence-corrected chi connectivity index (χ1v) is 7.05. The second kappa shape index (κ2) is 6.33. The first kappa shape index (κ1) is 14.3. The van der Waals surface area contributed by atoms with Crippen molar-refractivity contribution in [2.24, 2.45) is 11.8 Å². The summed E-state index contributed by atoms with van der Waals surface area (Å²) in [4.78, 5) is 20.1. The van der Waals surface area contributed by atoms with E-state index in [0.29, 0.717) is 16.9 Å². The van der Waals surface area contributed by atoms with Gasteiger partial charge in [0.05, 0.1) is 18.1 Å². The molecule has 0 amide bonds. The smallest absolute Gasteiger partial charge is 0.308 e. The second-order valence-electron chi connectivity index (χ2n) is 5.18. The lowest BCUT2D eigenvalue weighted by Gasteiger charge is -2.30. The zero-order valence-electron chi connectivity index (χ0n) is 11.3. The molecule has 4 nitrogen and oxygen atoms in total. The van der Waals surface area contributed by atoms with Crippen LogP contribution in [0.4, 0.5) is 0 Å². The number of methoxy groups -OCH3 is 1. The van der Waals surface area contributed by atoms with Crippen molar-refractivity contribution < 1.29 is 9.53 Å². The third-order valence-electron chi connectivity index (χ3n) is 4.06. The average molecular weight is 283 g/mol. The summed E-state index contributed by atoms with van der Waals surface area (Å²) in [5, 5.41) is 0.561. The molecule has 0 spiro atoms. The van der Waals surface area contributed by atoms with Crippen LogP contribution < -0.4 is 0 Å². The zero-order chi connectivity index (χ0) is 13.8. The molecule has 104 valence electrons. The van der Waals surface area contributed by atoms with Gasteiger partial charge in [0.1, 0.15) is 5.82 Å². The molecule has 1 fully saturated rings. The van der Waals surface area contributed by atoms with Gasteiger partial charge >= 0.3 is 5.97 Å². The summed E-state index contributed by atoms with van der Waals surface area (Å²) in [6.07, 6.45) is 7.12. The standard InChI is InChI=1S/C14H19ClN2O2/c1-9(13-16-7-12(15)8-17-13)10-3-5-11(6-4-10)14(18)19-2/h7-11H,3-6H2,1-2H3. The molecule has 0 saturated heterocycles. The predicted molar refractivity (Wildman–Crippen MR) is 72.9 cm³/mol. The summed E-state index contributed by atoms with van der Waals surface area (Å²) >= 11 is 5.80. The van der Waals surface area contributed by atoms with E-state index >= 15 is 0 Å².